The summed E-state index contributed by atoms with van der Waals surface area (Å²) >= 11 is 0. The molecule has 0 saturated carbocycles. The van der Waals surface area contributed by atoms with Crippen LogP contribution in [0.4, 0.5) is 0 Å². The molecule has 3 nitrogen and oxygen atoms in total. The fourth-order valence-corrected chi connectivity index (χ4v) is 1.12. The second-order valence-corrected chi connectivity index (χ2v) is 3.44. The van der Waals surface area contributed by atoms with Crippen molar-refractivity contribution in [1.82, 2.24) is 0 Å². The van der Waals surface area contributed by atoms with Gasteiger partial charge in [0.25, 0.3) is 0 Å². The maximum absolute atomic E-state index is 10.6. The van der Waals surface area contributed by atoms with Crippen LogP contribution < -0.4 is 0 Å². The van der Waals surface area contributed by atoms with E-state index in [9.17, 15) is 4.79 Å². The molecule has 1 unspecified atom stereocenters. The summed E-state index contributed by atoms with van der Waals surface area (Å²) in [5, 5.41) is 17.5. The average molecular weight is 172 g/mol. The van der Waals surface area contributed by atoms with Crippen LogP contribution in [0.3, 0.4) is 0 Å². The minimum atomic E-state index is -0.862. The summed E-state index contributed by atoms with van der Waals surface area (Å²) in [6.07, 6.45) is 0.739. The summed E-state index contributed by atoms with van der Waals surface area (Å²) in [4.78, 5) is 10.6. The number of hydrogen-bond donors (Lipinski definition) is 2. The molecule has 0 bridgehead atoms. The van der Waals surface area contributed by atoms with Crippen molar-refractivity contribution in [3.05, 3.63) is 12.3 Å². The molecular formula is C9H16O3. The van der Waals surface area contributed by atoms with Crippen molar-refractivity contribution in [2.45, 2.75) is 26.7 Å². The number of carboxylic acids is 1. The second kappa shape index (κ2) is 4.80. The molecule has 0 fully saturated rings. The van der Waals surface area contributed by atoms with Crippen molar-refractivity contribution in [3.63, 3.8) is 0 Å². The van der Waals surface area contributed by atoms with E-state index < -0.39 is 11.9 Å². The van der Waals surface area contributed by atoms with Crippen LogP contribution >= 0.6 is 0 Å². The summed E-state index contributed by atoms with van der Waals surface area (Å²) in [5.41, 5.74) is 0. The molecule has 0 rings (SSSR count). The molecule has 70 valence electrons. The van der Waals surface area contributed by atoms with Gasteiger partial charge in [0.05, 0.1) is 11.7 Å². The van der Waals surface area contributed by atoms with Crippen LogP contribution in [-0.2, 0) is 4.79 Å². The van der Waals surface area contributed by atoms with Crippen molar-refractivity contribution < 1.29 is 15.0 Å². The number of aliphatic carboxylic acids is 1. The SMILES string of the molecule is C=C(O)CC(CC(C)C)C(=O)O. The van der Waals surface area contributed by atoms with Crippen LogP contribution in [0.15, 0.2) is 12.3 Å². The molecule has 1 atom stereocenters. The Morgan fingerprint density at radius 3 is 2.17 bits per heavy atom. The van der Waals surface area contributed by atoms with Gasteiger partial charge in [-0.25, -0.2) is 0 Å². The predicted molar refractivity (Wildman–Crippen MR) is 47.0 cm³/mol. The Balaban J connectivity index is 4.04. The van der Waals surface area contributed by atoms with Gasteiger partial charge in [-0.1, -0.05) is 20.4 Å². The standard InChI is InChI=1S/C9H16O3/c1-6(2)4-8(9(11)12)5-7(3)10/h6,8,10H,3-5H2,1-2H3,(H,11,12). The number of rotatable bonds is 5. The maximum atomic E-state index is 10.6. The molecule has 12 heavy (non-hydrogen) atoms. The summed E-state index contributed by atoms with van der Waals surface area (Å²) < 4.78 is 0. The first kappa shape index (κ1) is 11.0. The van der Waals surface area contributed by atoms with E-state index in [1.165, 1.54) is 0 Å². The van der Waals surface area contributed by atoms with Gasteiger partial charge in [0, 0.05) is 6.42 Å². The van der Waals surface area contributed by atoms with E-state index in [0.717, 1.165) is 0 Å². The van der Waals surface area contributed by atoms with Crippen molar-refractivity contribution in [2.75, 3.05) is 0 Å². The Labute approximate surface area is 72.7 Å². The Morgan fingerprint density at radius 1 is 1.42 bits per heavy atom. The zero-order valence-electron chi connectivity index (χ0n) is 7.58. The topological polar surface area (TPSA) is 57.5 Å². The first-order valence-electron chi connectivity index (χ1n) is 4.03. The molecule has 0 heterocycles. The van der Waals surface area contributed by atoms with Crippen molar-refractivity contribution in [1.29, 1.82) is 0 Å². The predicted octanol–water partition coefficient (Wildman–Crippen LogP) is 2.20. The van der Waals surface area contributed by atoms with Gasteiger partial charge in [0.2, 0.25) is 0 Å². The number of aliphatic hydroxyl groups is 1. The number of allylic oxidation sites excluding steroid dienone is 1. The number of carbonyl (C=O) groups is 1. The van der Waals surface area contributed by atoms with E-state index in [1.54, 1.807) is 0 Å². The molecule has 0 spiro atoms. The lowest BCUT2D eigenvalue weighted by Gasteiger charge is -2.13. The van der Waals surface area contributed by atoms with E-state index in [1.807, 2.05) is 13.8 Å². The van der Waals surface area contributed by atoms with Gasteiger partial charge in [-0.2, -0.15) is 0 Å². The molecule has 0 aliphatic rings. The first-order valence-corrected chi connectivity index (χ1v) is 4.03. The monoisotopic (exact) mass is 172 g/mol. The third kappa shape index (κ3) is 4.77. The number of hydrogen-bond acceptors (Lipinski definition) is 2. The lowest BCUT2D eigenvalue weighted by molar-refractivity contribution is -0.142. The Morgan fingerprint density at radius 2 is 1.92 bits per heavy atom. The van der Waals surface area contributed by atoms with Crippen molar-refractivity contribution in [3.8, 4) is 0 Å². The van der Waals surface area contributed by atoms with Crippen LogP contribution in [-0.4, -0.2) is 16.2 Å². The van der Waals surface area contributed by atoms with E-state index in [0.29, 0.717) is 12.3 Å². The molecular weight excluding hydrogens is 156 g/mol. The quantitative estimate of drug-likeness (QED) is 0.625. The molecule has 0 aromatic heterocycles. The highest BCUT2D eigenvalue weighted by Crippen LogP contribution is 2.18. The summed E-state index contributed by atoms with van der Waals surface area (Å²) in [5.74, 6) is -1.09. The smallest absolute Gasteiger partial charge is 0.306 e. The van der Waals surface area contributed by atoms with E-state index in [-0.39, 0.29) is 12.2 Å². The van der Waals surface area contributed by atoms with E-state index in [4.69, 9.17) is 10.2 Å². The number of carboxylic acid groups (broad SMARTS) is 1. The normalized spacial score (nSPS) is 12.9. The molecule has 0 aromatic carbocycles. The van der Waals surface area contributed by atoms with E-state index in [2.05, 4.69) is 6.58 Å². The van der Waals surface area contributed by atoms with Gasteiger partial charge in [0.15, 0.2) is 0 Å². The van der Waals surface area contributed by atoms with Gasteiger partial charge in [-0.3, -0.25) is 4.79 Å². The summed E-state index contributed by atoms with van der Waals surface area (Å²) in [6, 6.07) is 0. The van der Waals surface area contributed by atoms with Crippen LogP contribution in [0.5, 0.6) is 0 Å². The van der Waals surface area contributed by atoms with Gasteiger partial charge < -0.3 is 10.2 Å². The maximum Gasteiger partial charge on any atom is 0.306 e. The summed E-state index contributed by atoms with van der Waals surface area (Å²) in [7, 11) is 0. The van der Waals surface area contributed by atoms with Crippen LogP contribution in [0.2, 0.25) is 0 Å². The second-order valence-electron chi connectivity index (χ2n) is 3.44. The lowest BCUT2D eigenvalue weighted by Crippen LogP contribution is -2.16. The van der Waals surface area contributed by atoms with Gasteiger partial charge in [-0.15, -0.1) is 0 Å². The summed E-state index contributed by atoms with van der Waals surface area (Å²) in [6.45, 7) is 7.19. The largest absolute Gasteiger partial charge is 0.513 e. The third-order valence-corrected chi connectivity index (χ3v) is 1.59. The minimum Gasteiger partial charge on any atom is -0.513 e. The van der Waals surface area contributed by atoms with Crippen LogP contribution in [0.1, 0.15) is 26.7 Å². The van der Waals surface area contributed by atoms with Crippen LogP contribution in [0, 0.1) is 11.8 Å². The molecule has 3 heteroatoms. The van der Waals surface area contributed by atoms with Crippen molar-refractivity contribution in [2.24, 2.45) is 11.8 Å². The zero-order valence-corrected chi connectivity index (χ0v) is 7.58. The lowest BCUT2D eigenvalue weighted by atomic mass is 9.94. The van der Waals surface area contributed by atoms with Gasteiger partial charge in [-0.05, 0) is 12.3 Å². The minimum absolute atomic E-state index is 0.0527. The molecule has 2 N–H and O–H groups in total. The Kier molecular flexibility index (Phi) is 4.40. The Hall–Kier alpha value is -0.990. The average Bonchev–Trinajstić information content (AvgIpc) is 1.83. The first-order chi connectivity index (χ1) is 5.43. The van der Waals surface area contributed by atoms with Gasteiger partial charge in [0.1, 0.15) is 0 Å². The number of aliphatic hydroxyl groups excluding tert-OH is 1. The fourth-order valence-electron chi connectivity index (χ4n) is 1.12. The van der Waals surface area contributed by atoms with Gasteiger partial charge >= 0.3 is 5.97 Å². The highest BCUT2D eigenvalue weighted by atomic mass is 16.4. The zero-order chi connectivity index (χ0) is 9.72. The highest BCUT2D eigenvalue weighted by molar-refractivity contribution is 5.70. The molecule has 0 amide bonds. The molecule has 0 aliphatic carbocycles. The molecule has 0 saturated heterocycles. The third-order valence-electron chi connectivity index (χ3n) is 1.59. The molecule has 0 aliphatic heterocycles. The molecule has 0 aromatic rings. The van der Waals surface area contributed by atoms with Crippen molar-refractivity contribution >= 4 is 5.97 Å². The van der Waals surface area contributed by atoms with Crippen LogP contribution in [0.25, 0.3) is 0 Å². The highest BCUT2D eigenvalue weighted by Gasteiger charge is 2.19. The Bertz CT molecular complexity index is 173. The fraction of sp³-hybridized carbons (Fsp3) is 0.667. The van der Waals surface area contributed by atoms with E-state index >= 15 is 0 Å². The molecule has 0 radical (unpaired) electrons.